The predicted octanol–water partition coefficient (Wildman–Crippen LogP) is 1.74. The van der Waals surface area contributed by atoms with Crippen molar-refractivity contribution in [2.24, 2.45) is 0 Å². The summed E-state index contributed by atoms with van der Waals surface area (Å²) in [7, 11) is -0.455. The number of nitrogens with one attached hydrogen (secondary N) is 1. The van der Waals surface area contributed by atoms with Gasteiger partial charge in [0.1, 0.15) is 0 Å². The standard InChI is InChI=1S/C22H28N2O6S/c1-28-21-7-6-17(14-22(21)29-2)8-9-23-16-20(25)18-4-3-5-19(15-18)31(26,27)24-10-12-30-13-11-24/h3-7,14-15,23H,8-13,16H2,1-2H3. The second-order valence-electron chi connectivity index (χ2n) is 7.08. The van der Waals surface area contributed by atoms with E-state index >= 15 is 0 Å². The minimum absolute atomic E-state index is 0.119. The molecule has 0 unspecified atom stereocenters. The molecule has 31 heavy (non-hydrogen) atoms. The minimum Gasteiger partial charge on any atom is -0.493 e. The molecule has 1 heterocycles. The van der Waals surface area contributed by atoms with E-state index < -0.39 is 10.0 Å². The lowest BCUT2D eigenvalue weighted by Crippen LogP contribution is -2.40. The SMILES string of the molecule is COc1ccc(CCNCC(=O)c2cccc(S(=O)(=O)N3CCOCC3)c2)cc1OC. The van der Waals surface area contributed by atoms with Gasteiger partial charge in [0.2, 0.25) is 10.0 Å². The fraction of sp³-hybridized carbons (Fsp3) is 0.409. The second-order valence-corrected chi connectivity index (χ2v) is 9.02. The number of carbonyl (C=O) groups is 1. The molecule has 0 radical (unpaired) electrons. The maximum atomic E-state index is 12.8. The number of Topliss-reactive ketones (excluding diaryl/α,β-unsaturated/α-hetero) is 1. The van der Waals surface area contributed by atoms with Crippen molar-refractivity contribution in [3.63, 3.8) is 0 Å². The number of hydrogen-bond donors (Lipinski definition) is 1. The van der Waals surface area contributed by atoms with Crippen LogP contribution in [-0.4, -0.2) is 72.1 Å². The fourth-order valence-electron chi connectivity index (χ4n) is 3.34. The number of carbonyl (C=O) groups excluding carboxylic acids is 1. The Balaban J connectivity index is 1.56. The van der Waals surface area contributed by atoms with Gasteiger partial charge in [0.05, 0.1) is 38.9 Å². The lowest BCUT2D eigenvalue weighted by Gasteiger charge is -2.26. The summed E-state index contributed by atoms with van der Waals surface area (Å²) >= 11 is 0. The molecule has 1 N–H and O–H groups in total. The van der Waals surface area contributed by atoms with E-state index in [9.17, 15) is 13.2 Å². The van der Waals surface area contributed by atoms with Gasteiger partial charge in [-0.15, -0.1) is 0 Å². The van der Waals surface area contributed by atoms with Crippen LogP contribution in [0, 0.1) is 0 Å². The van der Waals surface area contributed by atoms with Crippen LogP contribution in [0.4, 0.5) is 0 Å². The van der Waals surface area contributed by atoms with Crippen molar-refractivity contribution in [2.45, 2.75) is 11.3 Å². The Bertz CT molecular complexity index is 1000. The average molecular weight is 449 g/mol. The highest BCUT2D eigenvalue weighted by Gasteiger charge is 2.26. The molecule has 0 atom stereocenters. The highest BCUT2D eigenvalue weighted by atomic mass is 32.2. The van der Waals surface area contributed by atoms with E-state index in [0.29, 0.717) is 56.3 Å². The summed E-state index contributed by atoms with van der Waals surface area (Å²) in [6.07, 6.45) is 0.707. The normalized spacial score (nSPS) is 14.9. The van der Waals surface area contributed by atoms with Gasteiger partial charge in [0.15, 0.2) is 17.3 Å². The summed E-state index contributed by atoms with van der Waals surface area (Å²) in [5.41, 5.74) is 1.42. The summed E-state index contributed by atoms with van der Waals surface area (Å²) in [5.74, 6) is 1.17. The van der Waals surface area contributed by atoms with Gasteiger partial charge < -0.3 is 19.5 Å². The zero-order chi connectivity index (χ0) is 22.3. The van der Waals surface area contributed by atoms with Crippen LogP contribution >= 0.6 is 0 Å². The third kappa shape index (κ3) is 5.82. The Hall–Kier alpha value is -2.46. The number of ether oxygens (including phenoxy) is 3. The molecule has 3 rings (SSSR count). The molecular weight excluding hydrogens is 420 g/mol. The number of sulfonamides is 1. The smallest absolute Gasteiger partial charge is 0.243 e. The zero-order valence-electron chi connectivity index (χ0n) is 17.8. The molecule has 0 aliphatic carbocycles. The Labute approximate surface area is 183 Å². The molecular formula is C22H28N2O6S. The molecule has 1 aliphatic heterocycles. The van der Waals surface area contributed by atoms with E-state index in [1.54, 1.807) is 26.4 Å². The van der Waals surface area contributed by atoms with Crippen LogP contribution in [0.15, 0.2) is 47.4 Å². The molecule has 0 aromatic heterocycles. The maximum absolute atomic E-state index is 12.8. The van der Waals surface area contributed by atoms with Crippen LogP contribution in [0.3, 0.4) is 0 Å². The molecule has 0 bridgehead atoms. The van der Waals surface area contributed by atoms with E-state index in [1.807, 2.05) is 18.2 Å². The Morgan fingerprint density at radius 2 is 1.81 bits per heavy atom. The first-order valence-electron chi connectivity index (χ1n) is 10.1. The largest absolute Gasteiger partial charge is 0.493 e. The first-order chi connectivity index (χ1) is 15.0. The van der Waals surface area contributed by atoms with Gasteiger partial charge in [0, 0.05) is 18.7 Å². The van der Waals surface area contributed by atoms with Gasteiger partial charge in [-0.05, 0) is 42.8 Å². The molecule has 0 spiro atoms. The monoisotopic (exact) mass is 448 g/mol. The third-order valence-corrected chi connectivity index (χ3v) is 6.98. The van der Waals surface area contributed by atoms with Crippen LogP contribution in [0.5, 0.6) is 11.5 Å². The summed E-state index contributed by atoms with van der Waals surface area (Å²) in [6.45, 7) is 2.10. The van der Waals surface area contributed by atoms with E-state index in [-0.39, 0.29) is 17.2 Å². The third-order valence-electron chi connectivity index (χ3n) is 5.09. The van der Waals surface area contributed by atoms with Gasteiger partial charge in [-0.2, -0.15) is 4.31 Å². The van der Waals surface area contributed by atoms with Crippen LogP contribution < -0.4 is 14.8 Å². The van der Waals surface area contributed by atoms with Crippen LogP contribution in [0.2, 0.25) is 0 Å². The summed E-state index contributed by atoms with van der Waals surface area (Å²) in [5, 5.41) is 3.12. The van der Waals surface area contributed by atoms with Crippen molar-refractivity contribution in [2.75, 3.05) is 53.6 Å². The molecule has 0 saturated carbocycles. The molecule has 0 amide bonds. The molecule has 9 heteroatoms. The van der Waals surface area contributed by atoms with Gasteiger partial charge in [-0.1, -0.05) is 18.2 Å². The summed E-state index contributed by atoms with van der Waals surface area (Å²) in [6, 6.07) is 11.9. The number of methoxy groups -OCH3 is 2. The van der Waals surface area contributed by atoms with Crippen molar-refractivity contribution in [1.82, 2.24) is 9.62 Å². The first kappa shape index (κ1) is 23.2. The van der Waals surface area contributed by atoms with E-state index in [0.717, 1.165) is 5.56 Å². The number of hydrogen-bond acceptors (Lipinski definition) is 7. The van der Waals surface area contributed by atoms with E-state index in [1.165, 1.54) is 16.4 Å². The minimum atomic E-state index is -3.63. The van der Waals surface area contributed by atoms with Crippen molar-refractivity contribution in [3.8, 4) is 11.5 Å². The maximum Gasteiger partial charge on any atom is 0.243 e. The average Bonchev–Trinajstić information content (AvgIpc) is 2.82. The van der Waals surface area contributed by atoms with E-state index in [2.05, 4.69) is 5.32 Å². The number of benzene rings is 2. The molecule has 1 fully saturated rings. The number of rotatable bonds is 10. The highest BCUT2D eigenvalue weighted by molar-refractivity contribution is 7.89. The number of ketones is 1. The highest BCUT2D eigenvalue weighted by Crippen LogP contribution is 2.27. The van der Waals surface area contributed by atoms with Crippen molar-refractivity contribution in [3.05, 3.63) is 53.6 Å². The van der Waals surface area contributed by atoms with E-state index in [4.69, 9.17) is 14.2 Å². The predicted molar refractivity (Wildman–Crippen MR) is 116 cm³/mol. The van der Waals surface area contributed by atoms with Crippen molar-refractivity contribution in [1.29, 1.82) is 0 Å². The lowest BCUT2D eigenvalue weighted by molar-refractivity contribution is 0.0730. The lowest BCUT2D eigenvalue weighted by atomic mass is 10.1. The summed E-state index contributed by atoms with van der Waals surface area (Å²) in [4.78, 5) is 12.7. The van der Waals surface area contributed by atoms with Crippen molar-refractivity contribution < 1.29 is 27.4 Å². The number of morpholine rings is 1. The fourth-order valence-corrected chi connectivity index (χ4v) is 4.79. The Morgan fingerprint density at radius 3 is 2.52 bits per heavy atom. The van der Waals surface area contributed by atoms with Gasteiger partial charge in [0.25, 0.3) is 0 Å². The molecule has 2 aromatic rings. The Kier molecular flexibility index (Phi) is 8.03. The molecule has 2 aromatic carbocycles. The topological polar surface area (TPSA) is 94.2 Å². The quantitative estimate of drug-likeness (QED) is 0.437. The van der Waals surface area contributed by atoms with Gasteiger partial charge in [-0.3, -0.25) is 4.79 Å². The van der Waals surface area contributed by atoms with Crippen LogP contribution in [-0.2, 0) is 21.2 Å². The van der Waals surface area contributed by atoms with Crippen molar-refractivity contribution >= 4 is 15.8 Å². The molecule has 1 saturated heterocycles. The molecule has 1 aliphatic rings. The van der Waals surface area contributed by atoms with Gasteiger partial charge >= 0.3 is 0 Å². The Morgan fingerprint density at radius 1 is 1.06 bits per heavy atom. The zero-order valence-corrected chi connectivity index (χ0v) is 18.6. The van der Waals surface area contributed by atoms with Crippen LogP contribution in [0.1, 0.15) is 15.9 Å². The first-order valence-corrected chi connectivity index (χ1v) is 11.5. The van der Waals surface area contributed by atoms with Crippen LogP contribution in [0.25, 0.3) is 0 Å². The molecule has 168 valence electrons. The molecule has 8 nitrogen and oxygen atoms in total. The number of nitrogens with zero attached hydrogens (tertiary/aromatic N) is 1. The van der Waals surface area contributed by atoms with Gasteiger partial charge in [-0.25, -0.2) is 8.42 Å². The summed E-state index contributed by atoms with van der Waals surface area (Å²) < 4.78 is 42.8. The second kappa shape index (κ2) is 10.7.